The molecule has 0 saturated carbocycles. The van der Waals surface area contributed by atoms with Crippen molar-refractivity contribution in [2.24, 2.45) is 0 Å². The topological polar surface area (TPSA) is 16.3 Å². The lowest BCUT2D eigenvalue weighted by Crippen LogP contribution is -2.61. The monoisotopic (exact) mass is 1750 g/mol. The Bertz CT molecular complexity index is 7710. The van der Waals surface area contributed by atoms with E-state index in [0.717, 1.165) is 202 Å². The molecule has 24 rings (SSSR count). The molecule has 20 aromatic carbocycles. The number of anilines is 6. The van der Waals surface area contributed by atoms with Gasteiger partial charge in [-0.15, -0.1) is 0 Å². The fourth-order valence-electron chi connectivity index (χ4n) is 21.5. The van der Waals surface area contributed by atoms with E-state index >= 15 is 0 Å². The molecular formula is C132H99BN4. The number of rotatable bonds is 17. The molecule has 0 spiro atoms. The van der Waals surface area contributed by atoms with Crippen molar-refractivity contribution in [1.29, 1.82) is 0 Å². The maximum atomic E-state index is 2.77. The summed E-state index contributed by atoms with van der Waals surface area (Å²) in [7, 11) is 0. The minimum Gasteiger partial charge on any atom is -0.310 e. The summed E-state index contributed by atoms with van der Waals surface area (Å²) in [6.07, 6.45) is 0. The Hall–Kier alpha value is -16.9. The SMILES string of the molecule is CC(C)(C)c1cc(-c2cc3c4c(c2)N(c2c(-c5ccccc5)cc(-c5ccccc5)cc2-c2cccc(-c5ccccc5)c2)c2cc(-n5c(-c6ccccc6)c6ccccc6c5-c5ccccc5)ccc2B4c2ccc(-n4c(-c5ccccc5)c5ccccc5c4-c4ccccc4)cc2N3c2c(-c3ccccc3)cc(-c3ccccc3)cc2-c2cccc(-c3ccccc3)c2)cc(C(C)(C)C)c1. The molecule has 2 aliphatic rings. The number of hydrogen-bond acceptors (Lipinski definition) is 2. The van der Waals surface area contributed by atoms with Crippen LogP contribution in [0.4, 0.5) is 34.1 Å². The molecule has 0 amide bonds. The van der Waals surface area contributed by atoms with Crippen LogP contribution in [0.1, 0.15) is 52.7 Å². The van der Waals surface area contributed by atoms with E-state index in [9.17, 15) is 0 Å². The highest BCUT2D eigenvalue weighted by Gasteiger charge is 2.47. The van der Waals surface area contributed by atoms with E-state index in [2.05, 4.69) is 552 Å². The molecule has 137 heavy (non-hydrogen) atoms. The van der Waals surface area contributed by atoms with Gasteiger partial charge in [0, 0.05) is 77.9 Å². The summed E-state index contributed by atoms with van der Waals surface area (Å²) in [6.45, 7) is 13.8. The molecule has 0 radical (unpaired) electrons. The summed E-state index contributed by atoms with van der Waals surface area (Å²) in [5, 5.41) is 4.66. The minimum atomic E-state index is -0.431. The molecule has 4 heterocycles. The van der Waals surface area contributed by atoms with Gasteiger partial charge in [0.25, 0.3) is 6.71 Å². The molecular weight excluding hydrogens is 1650 g/mol. The van der Waals surface area contributed by atoms with Gasteiger partial charge in [-0.3, -0.25) is 0 Å². The summed E-state index contributed by atoms with van der Waals surface area (Å²) in [4.78, 5) is 5.54. The van der Waals surface area contributed by atoms with Crippen LogP contribution in [0.2, 0.25) is 0 Å². The lowest BCUT2D eigenvalue weighted by atomic mass is 9.33. The summed E-state index contributed by atoms with van der Waals surface area (Å²) in [5.74, 6) is 0. The standard InChI is InChI=1S/C132H99BN4/c1-131(2,3)106-77-102(78-107(85-106)132(4,5)6)105-83-122-124-123(84-105)137(130-115(93-53-27-12-28-54-93)80-104(91-49-23-10-24-50-91)82-117(130)101-66-42-64-99(76-101)89-45-19-8-20-46-89)121-87-109(135-127(96-59-33-15-34-60-96)112-69-39-40-70-113(112)128(135)97-61-35-16-36-62-97)72-74-119(121)133(124)118-73-71-108(134-125(94-55-29-13-30-56-94)110-67-37-38-68-111(110)126(134)95-57-31-14-32-58-95)86-120(118)136(122)129-114(92-51-25-11-26-52-92)79-103(90-47-21-9-22-48-90)81-116(129)100-65-41-63-98(75-100)88-43-17-7-18-44-88/h7-87H,1-6H3. The van der Waals surface area contributed by atoms with Crippen molar-refractivity contribution < 1.29 is 0 Å². The van der Waals surface area contributed by atoms with Crippen molar-refractivity contribution in [3.63, 3.8) is 0 Å². The van der Waals surface area contributed by atoms with Gasteiger partial charge in [-0.05, 0) is 211 Å². The van der Waals surface area contributed by atoms with E-state index in [1.807, 2.05) is 0 Å². The first kappa shape index (κ1) is 83.2. The third-order valence-electron chi connectivity index (χ3n) is 28.1. The van der Waals surface area contributed by atoms with Crippen LogP contribution < -0.4 is 26.2 Å². The van der Waals surface area contributed by atoms with Gasteiger partial charge < -0.3 is 18.9 Å². The van der Waals surface area contributed by atoms with Crippen LogP contribution in [-0.2, 0) is 10.8 Å². The molecule has 0 atom stereocenters. The Morgan fingerprint density at radius 3 is 0.715 bits per heavy atom. The van der Waals surface area contributed by atoms with Gasteiger partial charge in [0.1, 0.15) is 0 Å². The molecule has 0 N–H and O–H groups in total. The molecule has 0 unspecified atom stereocenters. The molecule has 2 aromatic heterocycles. The van der Waals surface area contributed by atoms with Crippen LogP contribution in [0.3, 0.4) is 0 Å². The highest BCUT2D eigenvalue weighted by Crippen LogP contribution is 2.58. The predicted molar refractivity (Wildman–Crippen MR) is 582 cm³/mol. The van der Waals surface area contributed by atoms with Crippen LogP contribution in [-0.4, -0.2) is 15.8 Å². The van der Waals surface area contributed by atoms with Crippen molar-refractivity contribution in [2.45, 2.75) is 52.4 Å². The highest BCUT2D eigenvalue weighted by atomic mass is 15.2. The molecule has 0 bridgehead atoms. The Morgan fingerprint density at radius 2 is 0.416 bits per heavy atom. The smallest absolute Gasteiger partial charge is 0.252 e. The van der Waals surface area contributed by atoms with Gasteiger partial charge in [-0.1, -0.05) is 460 Å². The predicted octanol–water partition coefficient (Wildman–Crippen LogP) is 33.9. The zero-order valence-corrected chi connectivity index (χ0v) is 77.6. The minimum absolute atomic E-state index is 0.254. The maximum Gasteiger partial charge on any atom is 0.252 e. The van der Waals surface area contributed by atoms with Crippen LogP contribution in [0.15, 0.2) is 491 Å². The maximum absolute atomic E-state index is 2.77. The molecule has 2 aliphatic heterocycles. The summed E-state index contributed by atoms with van der Waals surface area (Å²) in [6, 6.07) is 186. The van der Waals surface area contributed by atoms with Crippen LogP contribution >= 0.6 is 0 Å². The molecule has 650 valence electrons. The zero-order chi connectivity index (χ0) is 92.0. The molecule has 22 aromatic rings. The Kier molecular flexibility index (Phi) is 20.8. The number of fused-ring (bicyclic) bond motifs is 6. The van der Waals surface area contributed by atoms with E-state index in [0.29, 0.717) is 0 Å². The lowest BCUT2D eigenvalue weighted by Gasteiger charge is -2.46. The van der Waals surface area contributed by atoms with E-state index in [1.165, 1.54) is 38.1 Å². The van der Waals surface area contributed by atoms with Gasteiger partial charge in [0.05, 0.1) is 34.2 Å². The second-order valence-electron chi connectivity index (χ2n) is 38.6. The van der Waals surface area contributed by atoms with Crippen molar-refractivity contribution in [2.75, 3.05) is 9.80 Å². The number of aromatic nitrogens is 2. The fourth-order valence-corrected chi connectivity index (χ4v) is 21.5. The van der Waals surface area contributed by atoms with E-state index < -0.39 is 6.71 Å². The second kappa shape index (κ2) is 34.3. The average Bonchev–Trinajstić information content (AvgIpc) is 0.919. The molecule has 5 heteroatoms. The Morgan fingerprint density at radius 1 is 0.175 bits per heavy atom. The number of hydrogen-bond donors (Lipinski definition) is 0. The highest BCUT2D eigenvalue weighted by molar-refractivity contribution is 7.00. The van der Waals surface area contributed by atoms with Crippen LogP contribution in [0.5, 0.6) is 0 Å². The lowest BCUT2D eigenvalue weighted by molar-refractivity contribution is 0.569. The normalized spacial score (nSPS) is 12.3. The second-order valence-corrected chi connectivity index (χ2v) is 38.6. The third-order valence-corrected chi connectivity index (χ3v) is 28.1. The van der Waals surface area contributed by atoms with Gasteiger partial charge in [0.2, 0.25) is 0 Å². The van der Waals surface area contributed by atoms with Gasteiger partial charge in [-0.2, -0.15) is 0 Å². The summed E-state index contributed by atoms with van der Waals surface area (Å²) >= 11 is 0. The first-order valence-corrected chi connectivity index (χ1v) is 47.9. The third kappa shape index (κ3) is 14.9. The number of benzene rings is 20. The summed E-state index contributed by atoms with van der Waals surface area (Å²) in [5.41, 5.74) is 42.6. The van der Waals surface area contributed by atoms with Crippen molar-refractivity contribution in [3.05, 3.63) is 503 Å². The van der Waals surface area contributed by atoms with Gasteiger partial charge in [0.15, 0.2) is 0 Å². The number of nitrogens with zero attached hydrogens (tertiary/aromatic N) is 4. The van der Waals surface area contributed by atoms with Gasteiger partial charge >= 0.3 is 0 Å². The molecule has 0 saturated heterocycles. The van der Waals surface area contributed by atoms with Crippen molar-refractivity contribution >= 4 is 78.8 Å². The fraction of sp³-hybridized carbons (Fsp3) is 0.0606. The zero-order valence-electron chi connectivity index (χ0n) is 77.6. The summed E-state index contributed by atoms with van der Waals surface area (Å²) < 4.78 is 5.18. The largest absolute Gasteiger partial charge is 0.310 e. The van der Waals surface area contributed by atoms with E-state index in [-0.39, 0.29) is 10.8 Å². The van der Waals surface area contributed by atoms with Crippen molar-refractivity contribution in [1.82, 2.24) is 9.13 Å². The molecule has 0 fully saturated rings. The van der Waals surface area contributed by atoms with Crippen LogP contribution in [0.25, 0.3) is 178 Å². The Labute approximate surface area is 803 Å². The van der Waals surface area contributed by atoms with E-state index in [4.69, 9.17) is 0 Å². The van der Waals surface area contributed by atoms with E-state index in [1.54, 1.807) is 0 Å². The first-order valence-electron chi connectivity index (χ1n) is 47.9. The average molecular weight is 1750 g/mol. The molecule has 4 nitrogen and oxygen atoms in total. The molecule has 0 aliphatic carbocycles. The quantitative estimate of drug-likeness (QED) is 0.0845. The Balaban J connectivity index is 0.922. The van der Waals surface area contributed by atoms with Crippen molar-refractivity contribution in [3.8, 4) is 157 Å². The van der Waals surface area contributed by atoms with Crippen LogP contribution in [0, 0.1) is 0 Å². The first-order chi connectivity index (χ1) is 67.3. The van der Waals surface area contributed by atoms with Gasteiger partial charge in [-0.25, -0.2) is 0 Å².